The molecule has 0 aliphatic heterocycles. The Kier molecular flexibility index (Phi) is 5.08. The zero-order chi connectivity index (χ0) is 17.0. The number of rotatable bonds is 5. The lowest BCUT2D eigenvalue weighted by molar-refractivity contribution is -0.124. The molecule has 2 rings (SSSR count). The SMILES string of the molecule is Cc1cccc(C)c1OCC(=O)NNC1=CC(=O)CC(C)(C)C1. The first-order chi connectivity index (χ1) is 10.8. The molecule has 2 N–H and O–H groups in total. The standard InChI is InChI=1S/C18H24N2O3/c1-12-6-5-7-13(2)17(12)23-11-16(22)20-19-14-8-15(21)10-18(3,4)9-14/h5-8,19H,9-11H2,1-4H3,(H,20,22). The highest BCUT2D eigenvalue weighted by Crippen LogP contribution is 2.32. The predicted octanol–water partition coefficient (Wildman–Crippen LogP) is 2.58. The van der Waals surface area contributed by atoms with E-state index in [0.29, 0.717) is 6.42 Å². The van der Waals surface area contributed by atoms with Crippen molar-refractivity contribution < 1.29 is 14.3 Å². The summed E-state index contributed by atoms with van der Waals surface area (Å²) in [5, 5.41) is 0. The minimum Gasteiger partial charge on any atom is -0.483 e. The van der Waals surface area contributed by atoms with Crippen molar-refractivity contribution in [2.24, 2.45) is 5.41 Å². The number of carbonyl (C=O) groups excluding carboxylic acids is 2. The molecular weight excluding hydrogens is 292 g/mol. The van der Waals surface area contributed by atoms with Crippen molar-refractivity contribution >= 4 is 11.7 Å². The van der Waals surface area contributed by atoms with E-state index in [4.69, 9.17) is 4.74 Å². The molecule has 124 valence electrons. The topological polar surface area (TPSA) is 67.4 Å². The number of ketones is 1. The van der Waals surface area contributed by atoms with Gasteiger partial charge in [0.25, 0.3) is 5.91 Å². The van der Waals surface area contributed by atoms with Gasteiger partial charge in [0.15, 0.2) is 12.4 Å². The first kappa shape index (κ1) is 17.1. The second-order valence-corrected chi connectivity index (χ2v) is 6.84. The number of allylic oxidation sites excluding steroid dienone is 2. The Morgan fingerprint density at radius 2 is 1.87 bits per heavy atom. The van der Waals surface area contributed by atoms with Gasteiger partial charge >= 0.3 is 0 Å². The average Bonchev–Trinajstić information content (AvgIpc) is 2.42. The molecule has 0 heterocycles. The van der Waals surface area contributed by atoms with Crippen LogP contribution in [0.3, 0.4) is 0 Å². The zero-order valence-electron chi connectivity index (χ0n) is 14.2. The van der Waals surface area contributed by atoms with Gasteiger partial charge in [0.2, 0.25) is 0 Å². The van der Waals surface area contributed by atoms with Crippen molar-refractivity contribution in [2.45, 2.75) is 40.5 Å². The highest BCUT2D eigenvalue weighted by Gasteiger charge is 2.27. The molecule has 1 aliphatic rings. The maximum atomic E-state index is 11.9. The maximum absolute atomic E-state index is 11.9. The predicted molar refractivity (Wildman–Crippen MR) is 88.8 cm³/mol. The van der Waals surface area contributed by atoms with Gasteiger partial charge in [0, 0.05) is 18.2 Å². The smallest absolute Gasteiger partial charge is 0.276 e. The van der Waals surface area contributed by atoms with Crippen LogP contribution in [0, 0.1) is 19.3 Å². The van der Waals surface area contributed by atoms with E-state index in [9.17, 15) is 9.59 Å². The molecule has 0 radical (unpaired) electrons. The van der Waals surface area contributed by atoms with Gasteiger partial charge in [-0.25, -0.2) is 0 Å². The number of hydrogen-bond acceptors (Lipinski definition) is 4. The number of nitrogens with one attached hydrogen (secondary N) is 2. The maximum Gasteiger partial charge on any atom is 0.276 e. The number of aryl methyl sites for hydroxylation is 2. The minimum absolute atomic E-state index is 0.0739. The lowest BCUT2D eigenvalue weighted by Crippen LogP contribution is -2.42. The molecule has 23 heavy (non-hydrogen) atoms. The molecule has 1 aliphatic carbocycles. The van der Waals surface area contributed by atoms with Gasteiger partial charge in [-0.3, -0.25) is 15.0 Å². The fraction of sp³-hybridized carbons (Fsp3) is 0.444. The molecule has 0 fully saturated rings. The molecule has 0 atom stereocenters. The highest BCUT2D eigenvalue weighted by molar-refractivity contribution is 5.91. The Balaban J connectivity index is 1.85. The normalized spacial score (nSPS) is 16.5. The molecule has 1 aromatic rings. The quantitative estimate of drug-likeness (QED) is 0.819. The van der Waals surface area contributed by atoms with Gasteiger partial charge in [0.05, 0.1) is 0 Å². The molecule has 0 saturated heterocycles. The van der Waals surface area contributed by atoms with Gasteiger partial charge in [-0.1, -0.05) is 32.0 Å². The molecule has 1 aromatic carbocycles. The number of amides is 1. The molecule has 1 amide bonds. The third kappa shape index (κ3) is 4.84. The number of para-hydroxylation sites is 1. The van der Waals surface area contributed by atoms with Gasteiger partial charge in [0.1, 0.15) is 5.75 Å². The summed E-state index contributed by atoms with van der Waals surface area (Å²) in [6, 6.07) is 5.84. The highest BCUT2D eigenvalue weighted by atomic mass is 16.5. The Morgan fingerprint density at radius 1 is 1.22 bits per heavy atom. The molecule has 0 spiro atoms. The summed E-state index contributed by atoms with van der Waals surface area (Å²) in [4.78, 5) is 23.6. The second kappa shape index (κ2) is 6.86. The number of ether oxygens (including phenoxy) is 1. The molecule has 0 aromatic heterocycles. The molecule has 5 heteroatoms. The van der Waals surface area contributed by atoms with Gasteiger partial charge in [-0.15, -0.1) is 0 Å². The Bertz CT molecular complexity index is 627. The summed E-state index contributed by atoms with van der Waals surface area (Å²) < 4.78 is 5.59. The lowest BCUT2D eigenvalue weighted by Gasteiger charge is -2.29. The summed E-state index contributed by atoms with van der Waals surface area (Å²) in [5.41, 5.74) is 8.05. The van der Waals surface area contributed by atoms with E-state index in [0.717, 1.165) is 29.0 Å². The summed E-state index contributed by atoms with van der Waals surface area (Å²) in [6.45, 7) is 7.87. The molecule has 0 bridgehead atoms. The number of hydrogen-bond donors (Lipinski definition) is 2. The fourth-order valence-electron chi connectivity index (χ4n) is 2.78. The lowest BCUT2D eigenvalue weighted by atomic mass is 9.79. The van der Waals surface area contributed by atoms with Crippen molar-refractivity contribution in [1.82, 2.24) is 10.9 Å². The van der Waals surface area contributed by atoms with Crippen LogP contribution in [0.2, 0.25) is 0 Å². The van der Waals surface area contributed by atoms with Gasteiger partial charge in [-0.2, -0.15) is 0 Å². The Morgan fingerprint density at radius 3 is 2.48 bits per heavy atom. The molecule has 5 nitrogen and oxygen atoms in total. The summed E-state index contributed by atoms with van der Waals surface area (Å²) in [7, 11) is 0. The van der Waals surface area contributed by atoms with E-state index in [1.807, 2.05) is 45.9 Å². The third-order valence-corrected chi connectivity index (χ3v) is 3.78. The first-order valence-electron chi connectivity index (χ1n) is 7.74. The van der Waals surface area contributed by atoms with Crippen molar-refractivity contribution in [1.29, 1.82) is 0 Å². The summed E-state index contributed by atoms with van der Waals surface area (Å²) in [6.07, 6.45) is 2.80. The van der Waals surface area contributed by atoms with E-state index < -0.39 is 0 Å². The average molecular weight is 316 g/mol. The number of benzene rings is 1. The molecule has 0 unspecified atom stereocenters. The molecule has 0 saturated carbocycles. The third-order valence-electron chi connectivity index (χ3n) is 3.78. The van der Waals surface area contributed by atoms with Crippen molar-refractivity contribution in [3.8, 4) is 5.75 Å². The van der Waals surface area contributed by atoms with Crippen LogP contribution in [0.15, 0.2) is 30.0 Å². The second-order valence-electron chi connectivity index (χ2n) is 6.84. The van der Waals surface area contributed by atoms with Crippen LogP contribution in [0.4, 0.5) is 0 Å². The van der Waals surface area contributed by atoms with Crippen LogP contribution in [0.25, 0.3) is 0 Å². The Labute approximate surface area is 137 Å². The summed E-state index contributed by atoms with van der Waals surface area (Å²) in [5.74, 6) is 0.519. The van der Waals surface area contributed by atoms with E-state index >= 15 is 0 Å². The minimum atomic E-state index is -0.288. The molecular formula is C18H24N2O3. The fourth-order valence-corrected chi connectivity index (χ4v) is 2.78. The van der Waals surface area contributed by atoms with Crippen molar-refractivity contribution in [3.05, 3.63) is 41.1 Å². The van der Waals surface area contributed by atoms with E-state index in [1.165, 1.54) is 0 Å². The van der Waals surface area contributed by atoms with Crippen LogP contribution in [-0.4, -0.2) is 18.3 Å². The largest absolute Gasteiger partial charge is 0.483 e. The van der Waals surface area contributed by atoms with Crippen molar-refractivity contribution in [3.63, 3.8) is 0 Å². The van der Waals surface area contributed by atoms with Crippen LogP contribution in [0.1, 0.15) is 37.8 Å². The summed E-state index contributed by atoms with van der Waals surface area (Å²) >= 11 is 0. The van der Waals surface area contributed by atoms with Gasteiger partial charge < -0.3 is 10.2 Å². The van der Waals surface area contributed by atoms with E-state index in [2.05, 4.69) is 10.9 Å². The van der Waals surface area contributed by atoms with E-state index in [-0.39, 0.29) is 23.7 Å². The van der Waals surface area contributed by atoms with E-state index in [1.54, 1.807) is 6.08 Å². The van der Waals surface area contributed by atoms with Crippen LogP contribution >= 0.6 is 0 Å². The number of carbonyl (C=O) groups is 2. The number of hydrazine groups is 1. The zero-order valence-corrected chi connectivity index (χ0v) is 14.2. The van der Waals surface area contributed by atoms with Crippen molar-refractivity contribution in [2.75, 3.05) is 6.61 Å². The Hall–Kier alpha value is -2.30. The van der Waals surface area contributed by atoms with Crippen LogP contribution in [-0.2, 0) is 9.59 Å². The monoisotopic (exact) mass is 316 g/mol. The van der Waals surface area contributed by atoms with Gasteiger partial charge in [-0.05, 0) is 36.8 Å². The first-order valence-corrected chi connectivity index (χ1v) is 7.74. The van der Waals surface area contributed by atoms with Crippen LogP contribution < -0.4 is 15.6 Å². The van der Waals surface area contributed by atoms with Crippen LogP contribution in [0.5, 0.6) is 5.75 Å².